The van der Waals surface area contributed by atoms with Crippen molar-refractivity contribution in [3.05, 3.63) is 29.8 Å². The molecular weight excluding hydrogens is 318 g/mol. The largest absolute Gasteiger partial charge is 0.494 e. The fourth-order valence-corrected chi connectivity index (χ4v) is 3.04. The first-order valence-corrected chi connectivity index (χ1v) is 9.20. The van der Waals surface area contributed by atoms with E-state index < -0.39 is 11.7 Å². The van der Waals surface area contributed by atoms with E-state index in [1.165, 1.54) is 0 Å². The Morgan fingerprint density at radius 2 is 2.00 bits per heavy atom. The molecule has 0 spiro atoms. The van der Waals surface area contributed by atoms with Crippen LogP contribution in [-0.4, -0.2) is 40.9 Å². The molecule has 0 radical (unpaired) electrons. The number of hydrogen-bond acceptors (Lipinski definition) is 4. The summed E-state index contributed by atoms with van der Waals surface area (Å²) in [4.78, 5) is 14.1. The van der Waals surface area contributed by atoms with Crippen LogP contribution in [0.15, 0.2) is 24.3 Å². The van der Waals surface area contributed by atoms with E-state index in [-0.39, 0.29) is 12.1 Å². The van der Waals surface area contributed by atoms with Gasteiger partial charge in [0.1, 0.15) is 11.4 Å². The third-order valence-corrected chi connectivity index (χ3v) is 4.24. The number of carbonyl (C=O) groups is 1. The summed E-state index contributed by atoms with van der Waals surface area (Å²) >= 11 is 0. The van der Waals surface area contributed by atoms with Crippen LogP contribution in [0.1, 0.15) is 65.0 Å². The highest BCUT2D eigenvalue weighted by atomic mass is 16.6. The molecule has 1 aliphatic heterocycles. The molecule has 0 saturated carbocycles. The molecule has 1 saturated heterocycles. The average Bonchev–Trinajstić information content (AvgIpc) is 3.00. The molecule has 1 aromatic rings. The number of benzene rings is 1. The number of rotatable bonds is 6. The molecule has 2 rings (SSSR count). The van der Waals surface area contributed by atoms with Crippen LogP contribution in [-0.2, 0) is 4.74 Å². The number of hydrogen-bond donors (Lipinski definition) is 1. The van der Waals surface area contributed by atoms with Gasteiger partial charge in [0.25, 0.3) is 0 Å². The van der Waals surface area contributed by atoms with Crippen molar-refractivity contribution in [2.45, 2.75) is 71.1 Å². The average molecular weight is 349 g/mol. The third kappa shape index (κ3) is 5.92. The molecule has 0 aromatic heterocycles. The zero-order valence-electron chi connectivity index (χ0n) is 15.8. The molecule has 1 amide bonds. The molecule has 0 aliphatic carbocycles. The van der Waals surface area contributed by atoms with Crippen molar-refractivity contribution in [3.8, 4) is 5.75 Å². The maximum Gasteiger partial charge on any atom is 0.410 e. The second-order valence-electron chi connectivity index (χ2n) is 7.64. The molecule has 5 nitrogen and oxygen atoms in total. The zero-order chi connectivity index (χ0) is 18.4. The lowest BCUT2D eigenvalue weighted by Crippen LogP contribution is -2.40. The van der Waals surface area contributed by atoms with Gasteiger partial charge < -0.3 is 19.5 Å². The normalized spacial score (nSPS) is 18.9. The smallest absolute Gasteiger partial charge is 0.410 e. The summed E-state index contributed by atoms with van der Waals surface area (Å²) in [6.45, 7) is 9.05. The fraction of sp³-hybridized carbons (Fsp3) is 0.650. The quantitative estimate of drug-likeness (QED) is 0.832. The first-order chi connectivity index (χ1) is 11.8. The Morgan fingerprint density at radius 3 is 2.60 bits per heavy atom. The molecule has 1 fully saturated rings. The number of ether oxygens (including phenoxy) is 2. The van der Waals surface area contributed by atoms with Gasteiger partial charge in [0, 0.05) is 12.6 Å². The van der Waals surface area contributed by atoms with Crippen molar-refractivity contribution in [1.29, 1.82) is 0 Å². The number of amides is 1. The summed E-state index contributed by atoms with van der Waals surface area (Å²) in [6.07, 6.45) is 2.44. The number of aliphatic hydroxyl groups excluding tert-OH is 1. The minimum absolute atomic E-state index is 0.0147. The van der Waals surface area contributed by atoms with E-state index >= 15 is 0 Å². The van der Waals surface area contributed by atoms with Gasteiger partial charge >= 0.3 is 6.09 Å². The second kappa shape index (κ2) is 8.56. The highest BCUT2D eigenvalue weighted by Crippen LogP contribution is 2.29. The minimum Gasteiger partial charge on any atom is -0.494 e. The molecule has 140 valence electrons. The number of nitrogens with zero attached hydrogens (tertiary/aromatic N) is 1. The van der Waals surface area contributed by atoms with Crippen LogP contribution in [0.5, 0.6) is 5.75 Å². The zero-order valence-corrected chi connectivity index (χ0v) is 15.8. The number of likely N-dealkylation sites (tertiary alicyclic amines) is 1. The molecule has 1 aliphatic rings. The summed E-state index contributed by atoms with van der Waals surface area (Å²) in [5, 5.41) is 10.6. The first kappa shape index (κ1) is 19.6. The number of carbonyl (C=O) groups excluding carboxylic acids is 1. The van der Waals surface area contributed by atoms with Gasteiger partial charge in [-0.1, -0.05) is 19.1 Å². The van der Waals surface area contributed by atoms with Gasteiger partial charge in [0.05, 0.1) is 12.7 Å². The molecule has 1 N–H and O–H groups in total. The Bertz CT molecular complexity index is 550. The van der Waals surface area contributed by atoms with Crippen LogP contribution in [0.4, 0.5) is 4.79 Å². The fourth-order valence-electron chi connectivity index (χ4n) is 3.04. The molecule has 0 bridgehead atoms. The van der Waals surface area contributed by atoms with Crippen molar-refractivity contribution in [2.75, 3.05) is 13.2 Å². The lowest BCUT2D eigenvalue weighted by molar-refractivity contribution is 0.0178. The molecule has 5 heteroatoms. The van der Waals surface area contributed by atoms with E-state index in [0.29, 0.717) is 19.6 Å². The van der Waals surface area contributed by atoms with E-state index in [1.54, 1.807) is 4.90 Å². The van der Waals surface area contributed by atoms with E-state index in [2.05, 4.69) is 6.92 Å². The predicted octanol–water partition coefficient (Wildman–Crippen LogP) is 4.30. The Hall–Kier alpha value is -1.75. The topological polar surface area (TPSA) is 59.0 Å². The Kier molecular flexibility index (Phi) is 6.71. The van der Waals surface area contributed by atoms with Gasteiger partial charge in [0.15, 0.2) is 0 Å². The Morgan fingerprint density at radius 1 is 1.32 bits per heavy atom. The van der Waals surface area contributed by atoms with E-state index in [9.17, 15) is 9.90 Å². The number of aliphatic hydroxyl groups is 1. The van der Waals surface area contributed by atoms with Crippen molar-refractivity contribution in [3.63, 3.8) is 0 Å². The van der Waals surface area contributed by atoms with Crippen LogP contribution in [0.25, 0.3) is 0 Å². The minimum atomic E-state index is -0.603. The summed E-state index contributed by atoms with van der Waals surface area (Å²) in [6, 6.07) is 7.56. The van der Waals surface area contributed by atoms with Crippen LogP contribution in [0, 0.1) is 0 Å². The van der Waals surface area contributed by atoms with Gasteiger partial charge in [-0.15, -0.1) is 0 Å². The summed E-state index contributed by atoms with van der Waals surface area (Å²) < 4.78 is 11.0. The predicted molar refractivity (Wildman–Crippen MR) is 97.8 cm³/mol. The molecule has 2 atom stereocenters. The lowest BCUT2D eigenvalue weighted by atomic mass is 10.0. The standard InChI is InChI=1S/C20H31NO4/c1-5-13-24-17-10-8-15(9-11-17)18(22)14-16-7-6-12-21(16)19(23)25-20(2,3)4/h8-11,16,18,22H,5-7,12-14H2,1-4H3. The van der Waals surface area contributed by atoms with Gasteiger partial charge in [-0.25, -0.2) is 4.79 Å². The summed E-state index contributed by atoms with van der Waals surface area (Å²) in [5.41, 5.74) is 0.344. The van der Waals surface area contributed by atoms with Gasteiger partial charge in [-0.05, 0) is 64.2 Å². The lowest BCUT2D eigenvalue weighted by Gasteiger charge is -2.29. The van der Waals surface area contributed by atoms with Crippen LogP contribution in [0.3, 0.4) is 0 Å². The molecule has 25 heavy (non-hydrogen) atoms. The second-order valence-corrected chi connectivity index (χ2v) is 7.64. The molecule has 1 heterocycles. The maximum atomic E-state index is 12.3. The van der Waals surface area contributed by atoms with Gasteiger partial charge in [0.2, 0.25) is 0 Å². The monoisotopic (exact) mass is 349 g/mol. The van der Waals surface area contributed by atoms with Crippen molar-refractivity contribution < 1.29 is 19.4 Å². The highest BCUT2D eigenvalue weighted by Gasteiger charge is 2.33. The van der Waals surface area contributed by atoms with E-state index in [1.807, 2.05) is 45.0 Å². The van der Waals surface area contributed by atoms with Crippen LogP contribution >= 0.6 is 0 Å². The summed E-state index contributed by atoms with van der Waals surface area (Å²) in [7, 11) is 0. The van der Waals surface area contributed by atoms with Crippen molar-refractivity contribution in [1.82, 2.24) is 4.90 Å². The molecular formula is C20H31NO4. The molecule has 2 unspecified atom stereocenters. The Labute approximate surface area is 150 Å². The van der Waals surface area contributed by atoms with Crippen LogP contribution < -0.4 is 4.74 Å². The van der Waals surface area contributed by atoms with E-state index in [4.69, 9.17) is 9.47 Å². The first-order valence-electron chi connectivity index (χ1n) is 9.20. The van der Waals surface area contributed by atoms with Crippen LogP contribution in [0.2, 0.25) is 0 Å². The van der Waals surface area contributed by atoms with E-state index in [0.717, 1.165) is 30.6 Å². The maximum absolute atomic E-state index is 12.3. The summed E-state index contributed by atoms with van der Waals surface area (Å²) in [5.74, 6) is 0.814. The van der Waals surface area contributed by atoms with Gasteiger partial charge in [-0.3, -0.25) is 0 Å². The highest BCUT2D eigenvalue weighted by molar-refractivity contribution is 5.69. The molecule has 1 aromatic carbocycles. The third-order valence-electron chi connectivity index (χ3n) is 4.24. The van der Waals surface area contributed by atoms with Crippen molar-refractivity contribution >= 4 is 6.09 Å². The van der Waals surface area contributed by atoms with Gasteiger partial charge in [-0.2, -0.15) is 0 Å². The van der Waals surface area contributed by atoms with Crippen molar-refractivity contribution in [2.24, 2.45) is 0 Å². The Balaban J connectivity index is 1.94. The SMILES string of the molecule is CCCOc1ccc(C(O)CC2CCCN2C(=O)OC(C)(C)C)cc1.